The molecule has 3 aromatic heterocycles. The Hall–Kier alpha value is -2.73. The molecule has 0 saturated heterocycles. The maximum atomic E-state index is 6.92. The third kappa shape index (κ3) is 7.91. The number of nitrogen functional groups attached to an aromatic ring is 1. The number of fused-ring (bicyclic) bond motifs is 1. The molecule has 0 aliphatic heterocycles. The Bertz CT molecular complexity index is 1480. The van der Waals surface area contributed by atoms with Gasteiger partial charge in [-0.25, -0.2) is 9.97 Å². The third-order valence-electron chi connectivity index (χ3n) is 8.56. The topological polar surface area (TPSA) is 88.3 Å². The van der Waals surface area contributed by atoms with Crippen LogP contribution in [0.15, 0.2) is 53.3 Å². The highest BCUT2D eigenvalue weighted by Crippen LogP contribution is 2.42. The molecule has 0 bridgehead atoms. The number of pyridine rings is 1. The molecule has 44 heavy (non-hydrogen) atoms. The van der Waals surface area contributed by atoms with Crippen LogP contribution in [0.25, 0.3) is 33.5 Å². The van der Waals surface area contributed by atoms with E-state index in [4.69, 9.17) is 24.3 Å². The van der Waals surface area contributed by atoms with Crippen molar-refractivity contribution in [3.05, 3.63) is 54.7 Å². The van der Waals surface area contributed by atoms with Gasteiger partial charge in [0, 0.05) is 51.9 Å². The number of furan rings is 1. The van der Waals surface area contributed by atoms with E-state index in [0.29, 0.717) is 40.8 Å². The average molecular weight is 633 g/mol. The van der Waals surface area contributed by atoms with E-state index in [1.807, 2.05) is 18.2 Å². The highest BCUT2D eigenvalue weighted by molar-refractivity contribution is 6.77. The fraction of sp³-hybridized carbons (Fsp3) is 0.543. The van der Waals surface area contributed by atoms with Crippen LogP contribution in [-0.4, -0.2) is 45.6 Å². The van der Waals surface area contributed by atoms with Crippen LogP contribution in [0.2, 0.25) is 27.7 Å². The van der Waals surface area contributed by atoms with E-state index in [-0.39, 0.29) is 0 Å². The zero-order chi connectivity index (χ0) is 32.1. The summed E-state index contributed by atoms with van der Waals surface area (Å²) >= 11 is 0. The predicted octanol–water partition coefficient (Wildman–Crippen LogP) is 9.38. The van der Waals surface area contributed by atoms with Crippen LogP contribution in [0.1, 0.15) is 74.6 Å². The first-order chi connectivity index (χ1) is 20.8. The number of rotatable bonds is 15. The highest BCUT2D eigenvalue weighted by Gasteiger charge is 2.44. The Balaban J connectivity index is 1.70. The van der Waals surface area contributed by atoms with Gasteiger partial charge in [-0.1, -0.05) is 74.4 Å². The van der Waals surface area contributed by atoms with E-state index >= 15 is 0 Å². The Morgan fingerprint density at radius 2 is 1.68 bits per heavy atom. The normalized spacial score (nSPS) is 12.8. The molecule has 0 saturated carbocycles. The smallest absolute Gasteiger partial charge is 0.200 e. The zero-order valence-electron chi connectivity index (χ0n) is 28.2. The summed E-state index contributed by atoms with van der Waals surface area (Å²) in [6.45, 7) is 22.7. The summed E-state index contributed by atoms with van der Waals surface area (Å²) in [5.41, 5.74) is 12.5. The fourth-order valence-corrected chi connectivity index (χ4v) is 13.1. The molecule has 0 atom stereocenters. The lowest BCUT2D eigenvalue weighted by atomic mass is 10.0. The van der Waals surface area contributed by atoms with Crippen LogP contribution < -0.4 is 5.73 Å². The zero-order valence-corrected chi connectivity index (χ0v) is 30.2. The molecule has 0 unspecified atom stereocenters. The molecule has 0 fully saturated rings. The van der Waals surface area contributed by atoms with Gasteiger partial charge in [-0.2, -0.15) is 0 Å². The minimum absolute atomic E-state index is 0.307. The number of nitrogens with two attached hydrogens (primary N) is 1. The molecule has 0 spiro atoms. The maximum absolute atomic E-state index is 6.92. The van der Waals surface area contributed by atoms with Gasteiger partial charge in [0.1, 0.15) is 24.0 Å². The van der Waals surface area contributed by atoms with Crippen molar-refractivity contribution in [3.8, 4) is 22.5 Å². The van der Waals surface area contributed by atoms with Crippen LogP contribution >= 0.6 is 0 Å². The first-order valence-electron chi connectivity index (χ1n) is 16.1. The van der Waals surface area contributed by atoms with Crippen LogP contribution in [0.5, 0.6) is 0 Å². The minimum Gasteiger partial charge on any atom is -0.464 e. The van der Waals surface area contributed by atoms with Crippen molar-refractivity contribution < 1.29 is 13.6 Å². The monoisotopic (exact) mass is 632 g/mol. The lowest BCUT2D eigenvalue weighted by Crippen LogP contribution is -2.48. The Morgan fingerprint density at radius 1 is 0.955 bits per heavy atom. The van der Waals surface area contributed by atoms with Crippen molar-refractivity contribution in [2.45, 2.75) is 110 Å². The molecule has 2 N–H and O–H groups in total. The Kier molecular flexibility index (Phi) is 11.3. The van der Waals surface area contributed by atoms with E-state index in [0.717, 1.165) is 74.3 Å². The number of nitrogens with zero attached hydrogens (tertiary/aromatic N) is 3. The van der Waals surface area contributed by atoms with Gasteiger partial charge in [0.15, 0.2) is 8.32 Å². The number of benzene rings is 1. The lowest BCUT2D eigenvalue weighted by molar-refractivity contribution is 0.0863. The quantitative estimate of drug-likeness (QED) is 0.104. The standard InChI is InChI=1S/C35H52N4O3Si2/c1-24(2)44(25(3)4,26(5)6)42-17-10-11-32-38-33(28-13-12-27-15-18-41-30(27)21-28)34(29-14-16-37-31(36)22-29)39(32)23-40-19-20-43-35(7,8)9/h12-16,18,21-22,24-26H,10-11,17,19-20,23H2,1-9H3,(H2,36,37). The second-order valence-electron chi connectivity index (χ2n) is 13.8. The molecule has 4 rings (SSSR count). The summed E-state index contributed by atoms with van der Waals surface area (Å²) < 4.78 is 21.3. The SMILES string of the molecule is CC(C)[Si](OCCCc1nc(-c2ccc3ccoc3c2)c(-c2ccnc(N)c2)n1COCC[Si]C(C)(C)C)(C(C)C)C(C)C. The van der Waals surface area contributed by atoms with Crippen molar-refractivity contribution >= 4 is 34.6 Å². The number of hydrogen-bond acceptors (Lipinski definition) is 6. The van der Waals surface area contributed by atoms with Gasteiger partial charge in [0.2, 0.25) is 0 Å². The molecule has 3 heterocycles. The Labute approximate surface area is 267 Å². The van der Waals surface area contributed by atoms with E-state index in [2.05, 4.69) is 90.1 Å². The average Bonchev–Trinajstić information content (AvgIpc) is 3.56. The molecule has 238 valence electrons. The van der Waals surface area contributed by atoms with Crippen LogP contribution in [-0.2, 0) is 22.3 Å². The van der Waals surface area contributed by atoms with E-state index in [1.54, 1.807) is 12.5 Å². The fourth-order valence-electron chi connectivity index (χ4n) is 6.65. The molecular formula is C35H52N4O3Si2. The number of ether oxygens (including phenoxy) is 1. The van der Waals surface area contributed by atoms with E-state index in [1.165, 1.54) is 0 Å². The number of hydrogen-bond donors (Lipinski definition) is 1. The molecule has 0 amide bonds. The van der Waals surface area contributed by atoms with Crippen molar-refractivity contribution in [3.63, 3.8) is 0 Å². The number of imidazole rings is 1. The summed E-state index contributed by atoms with van der Waals surface area (Å²) in [7, 11) is -1.10. The number of aryl methyl sites for hydroxylation is 1. The summed E-state index contributed by atoms with van der Waals surface area (Å²) in [4.78, 5) is 9.56. The molecule has 4 aromatic rings. The summed E-state index contributed by atoms with van der Waals surface area (Å²) in [5, 5.41) is 1.37. The molecule has 9 heteroatoms. The summed E-state index contributed by atoms with van der Waals surface area (Å²) in [6, 6.07) is 13.2. The van der Waals surface area contributed by atoms with Crippen molar-refractivity contribution in [1.29, 1.82) is 0 Å². The Morgan fingerprint density at radius 3 is 2.34 bits per heavy atom. The van der Waals surface area contributed by atoms with Gasteiger partial charge in [-0.3, -0.25) is 0 Å². The lowest BCUT2D eigenvalue weighted by Gasteiger charge is -2.42. The summed E-state index contributed by atoms with van der Waals surface area (Å²) in [6.07, 6.45) is 5.15. The van der Waals surface area contributed by atoms with Crippen LogP contribution in [0.3, 0.4) is 0 Å². The van der Waals surface area contributed by atoms with Crippen molar-refractivity contribution in [2.24, 2.45) is 0 Å². The first kappa shape index (κ1) is 34.2. The van der Waals surface area contributed by atoms with Crippen molar-refractivity contribution in [2.75, 3.05) is 18.9 Å². The van der Waals surface area contributed by atoms with E-state index in [9.17, 15) is 0 Å². The second-order valence-corrected chi connectivity index (χ2v) is 21.6. The predicted molar refractivity (Wildman–Crippen MR) is 187 cm³/mol. The molecule has 2 radical (unpaired) electrons. The molecule has 0 aliphatic carbocycles. The van der Waals surface area contributed by atoms with Gasteiger partial charge in [-0.05, 0) is 58.4 Å². The van der Waals surface area contributed by atoms with Gasteiger partial charge in [0.25, 0.3) is 0 Å². The van der Waals surface area contributed by atoms with Crippen LogP contribution in [0.4, 0.5) is 5.82 Å². The van der Waals surface area contributed by atoms with Crippen molar-refractivity contribution in [1.82, 2.24) is 14.5 Å². The molecule has 7 nitrogen and oxygen atoms in total. The molecule has 1 aromatic carbocycles. The number of anilines is 1. The van der Waals surface area contributed by atoms with Gasteiger partial charge < -0.3 is 23.9 Å². The maximum Gasteiger partial charge on any atom is 0.200 e. The summed E-state index contributed by atoms with van der Waals surface area (Å²) in [5.74, 6) is 1.46. The highest BCUT2D eigenvalue weighted by atomic mass is 28.4. The van der Waals surface area contributed by atoms with Gasteiger partial charge in [-0.15, -0.1) is 0 Å². The molecular weight excluding hydrogens is 581 g/mol. The van der Waals surface area contributed by atoms with Crippen LogP contribution in [0, 0.1) is 0 Å². The minimum atomic E-state index is -1.94. The first-order valence-corrected chi connectivity index (χ1v) is 19.4. The molecule has 0 aliphatic rings. The largest absolute Gasteiger partial charge is 0.464 e. The van der Waals surface area contributed by atoms with Gasteiger partial charge in [0.05, 0.1) is 17.7 Å². The van der Waals surface area contributed by atoms with Gasteiger partial charge >= 0.3 is 0 Å². The third-order valence-corrected chi connectivity index (χ3v) is 16.2. The number of aromatic nitrogens is 3. The second kappa shape index (κ2) is 14.6. The van der Waals surface area contributed by atoms with E-state index < -0.39 is 8.32 Å².